The predicted octanol–water partition coefficient (Wildman–Crippen LogP) is -4.43. The molecule has 0 aromatic heterocycles. The normalized spacial score (nSPS) is 15.5. The molecule has 0 fully saturated rings. The van der Waals surface area contributed by atoms with Crippen LogP contribution >= 0.6 is 0 Å². The highest BCUT2D eigenvalue weighted by Crippen LogP contribution is 2.03. The van der Waals surface area contributed by atoms with Gasteiger partial charge in [0.25, 0.3) is 0 Å². The standard InChI is InChI=1S/C16H26N4O11/c1-6(22)12(16(30)31)20-14(28)8(2-3-10(23)24)18-15(29)9(5-21)19-13(27)7(17)4-11(25)26/h6-9,12,21-22H,2-5,17H2,1H3,(H,18,29)(H,19,27)(H,20,28)(H,23,24)(H,25,26)(H,30,31). The number of amides is 3. The van der Waals surface area contributed by atoms with Crippen molar-refractivity contribution in [3.05, 3.63) is 0 Å². The number of hydrogen-bond donors (Lipinski definition) is 9. The minimum Gasteiger partial charge on any atom is -0.481 e. The van der Waals surface area contributed by atoms with E-state index in [1.165, 1.54) is 0 Å². The average Bonchev–Trinajstić information content (AvgIpc) is 2.65. The van der Waals surface area contributed by atoms with Gasteiger partial charge in [-0.2, -0.15) is 0 Å². The Labute approximate surface area is 175 Å². The number of rotatable bonds is 14. The molecule has 5 unspecified atom stereocenters. The number of carbonyl (C=O) groups excluding carboxylic acids is 3. The highest BCUT2D eigenvalue weighted by atomic mass is 16.4. The Morgan fingerprint density at radius 3 is 1.77 bits per heavy atom. The van der Waals surface area contributed by atoms with Gasteiger partial charge in [0.15, 0.2) is 6.04 Å². The summed E-state index contributed by atoms with van der Waals surface area (Å²) in [6.45, 7) is 0.109. The van der Waals surface area contributed by atoms with Crippen LogP contribution in [-0.4, -0.2) is 98.0 Å². The van der Waals surface area contributed by atoms with Crippen LogP contribution in [0.25, 0.3) is 0 Å². The van der Waals surface area contributed by atoms with Crippen LogP contribution in [0.4, 0.5) is 0 Å². The lowest BCUT2D eigenvalue weighted by atomic mass is 10.1. The molecule has 5 atom stereocenters. The third kappa shape index (κ3) is 10.3. The van der Waals surface area contributed by atoms with Gasteiger partial charge in [-0.15, -0.1) is 0 Å². The molecular formula is C16H26N4O11. The smallest absolute Gasteiger partial charge is 0.328 e. The van der Waals surface area contributed by atoms with E-state index < -0.39 is 91.8 Å². The summed E-state index contributed by atoms with van der Waals surface area (Å²) in [6, 6.07) is -6.55. The van der Waals surface area contributed by atoms with Crippen LogP contribution in [0.5, 0.6) is 0 Å². The highest BCUT2D eigenvalue weighted by Gasteiger charge is 2.32. The zero-order chi connectivity index (χ0) is 24.3. The molecule has 0 aromatic rings. The summed E-state index contributed by atoms with van der Waals surface area (Å²) in [6.07, 6.45) is -3.36. The Bertz CT molecular complexity index is 697. The number of nitrogens with one attached hydrogen (secondary N) is 3. The van der Waals surface area contributed by atoms with Crippen molar-refractivity contribution in [2.24, 2.45) is 5.73 Å². The van der Waals surface area contributed by atoms with Crippen LogP contribution in [0.2, 0.25) is 0 Å². The van der Waals surface area contributed by atoms with Gasteiger partial charge in [-0.3, -0.25) is 24.0 Å². The van der Waals surface area contributed by atoms with E-state index in [4.69, 9.17) is 21.1 Å². The molecule has 0 saturated carbocycles. The Kier molecular flexibility index (Phi) is 11.7. The van der Waals surface area contributed by atoms with E-state index in [2.05, 4.69) is 5.32 Å². The van der Waals surface area contributed by atoms with E-state index in [0.717, 1.165) is 6.92 Å². The van der Waals surface area contributed by atoms with Gasteiger partial charge in [0.05, 0.1) is 25.2 Å². The van der Waals surface area contributed by atoms with E-state index in [1.54, 1.807) is 0 Å². The van der Waals surface area contributed by atoms with Crippen molar-refractivity contribution < 1.29 is 54.3 Å². The number of nitrogens with two attached hydrogens (primary N) is 1. The van der Waals surface area contributed by atoms with Crippen LogP contribution in [-0.2, 0) is 28.8 Å². The number of aliphatic hydroxyl groups excluding tert-OH is 2. The van der Waals surface area contributed by atoms with Gasteiger partial charge in [0.2, 0.25) is 17.7 Å². The van der Waals surface area contributed by atoms with Crippen molar-refractivity contribution in [1.29, 1.82) is 0 Å². The maximum absolute atomic E-state index is 12.3. The van der Waals surface area contributed by atoms with Gasteiger partial charge in [0.1, 0.15) is 12.1 Å². The Balaban J connectivity index is 5.33. The first-order valence-corrected chi connectivity index (χ1v) is 8.92. The minimum atomic E-state index is -1.75. The lowest BCUT2D eigenvalue weighted by Gasteiger charge is -2.24. The van der Waals surface area contributed by atoms with Gasteiger partial charge in [0, 0.05) is 6.42 Å². The second-order valence-electron chi connectivity index (χ2n) is 6.51. The molecule has 10 N–H and O–H groups in total. The lowest BCUT2D eigenvalue weighted by Crippen LogP contribution is -2.59. The molecule has 0 aliphatic heterocycles. The number of carbonyl (C=O) groups is 6. The first-order valence-electron chi connectivity index (χ1n) is 8.92. The first kappa shape index (κ1) is 27.7. The van der Waals surface area contributed by atoms with Crippen molar-refractivity contribution in [2.45, 2.75) is 56.5 Å². The molecule has 0 aromatic carbocycles. The lowest BCUT2D eigenvalue weighted by molar-refractivity contribution is -0.145. The quantitative estimate of drug-likeness (QED) is 0.121. The Morgan fingerprint density at radius 1 is 0.839 bits per heavy atom. The third-order valence-corrected chi connectivity index (χ3v) is 3.87. The maximum atomic E-state index is 12.3. The van der Waals surface area contributed by atoms with E-state index >= 15 is 0 Å². The summed E-state index contributed by atoms with van der Waals surface area (Å²) in [7, 11) is 0. The topological polar surface area (TPSA) is 266 Å². The number of hydrogen-bond acceptors (Lipinski definition) is 9. The summed E-state index contributed by atoms with van der Waals surface area (Å²) in [5.41, 5.74) is 5.35. The molecule has 0 saturated heterocycles. The van der Waals surface area contributed by atoms with Gasteiger partial charge in [-0.05, 0) is 13.3 Å². The van der Waals surface area contributed by atoms with Crippen molar-refractivity contribution in [1.82, 2.24) is 16.0 Å². The van der Waals surface area contributed by atoms with Gasteiger partial charge in [-0.25, -0.2) is 4.79 Å². The SMILES string of the molecule is CC(O)C(NC(=O)C(CCC(=O)O)NC(=O)C(CO)NC(=O)C(N)CC(=O)O)C(=O)O. The number of aliphatic carboxylic acids is 3. The van der Waals surface area contributed by atoms with Crippen molar-refractivity contribution in [3.8, 4) is 0 Å². The Hall–Kier alpha value is -3.30. The summed E-state index contributed by atoms with van der Waals surface area (Å²) < 4.78 is 0. The van der Waals surface area contributed by atoms with E-state index in [0.29, 0.717) is 0 Å². The fourth-order valence-corrected chi connectivity index (χ4v) is 2.21. The second kappa shape index (κ2) is 13.1. The van der Waals surface area contributed by atoms with Crippen LogP contribution in [0.1, 0.15) is 26.2 Å². The molecule has 0 aliphatic carbocycles. The number of carboxylic acid groups (broad SMARTS) is 3. The van der Waals surface area contributed by atoms with Crippen molar-refractivity contribution >= 4 is 35.6 Å². The first-order chi connectivity index (χ1) is 14.3. The third-order valence-electron chi connectivity index (χ3n) is 3.87. The summed E-state index contributed by atoms with van der Waals surface area (Å²) >= 11 is 0. The maximum Gasteiger partial charge on any atom is 0.328 e. The minimum absolute atomic E-state index is 0.482. The molecule has 15 heteroatoms. The summed E-state index contributed by atoms with van der Waals surface area (Å²) in [5, 5.41) is 51.2. The van der Waals surface area contributed by atoms with Gasteiger partial charge < -0.3 is 47.2 Å². The molecule has 0 rings (SSSR count). The second-order valence-corrected chi connectivity index (χ2v) is 6.51. The molecule has 0 bridgehead atoms. The predicted molar refractivity (Wildman–Crippen MR) is 99.3 cm³/mol. The van der Waals surface area contributed by atoms with Crippen molar-refractivity contribution in [3.63, 3.8) is 0 Å². The van der Waals surface area contributed by atoms with Crippen LogP contribution in [0, 0.1) is 0 Å². The van der Waals surface area contributed by atoms with E-state index in [9.17, 15) is 39.0 Å². The van der Waals surface area contributed by atoms with Gasteiger partial charge in [-0.1, -0.05) is 0 Å². The fraction of sp³-hybridized carbons (Fsp3) is 0.625. The molecule has 0 radical (unpaired) electrons. The van der Waals surface area contributed by atoms with Crippen LogP contribution in [0.15, 0.2) is 0 Å². The summed E-state index contributed by atoms with van der Waals surface area (Å²) in [5.74, 6) is -7.66. The van der Waals surface area contributed by atoms with Crippen LogP contribution < -0.4 is 21.7 Å². The van der Waals surface area contributed by atoms with E-state index in [1.807, 2.05) is 10.6 Å². The average molecular weight is 450 g/mol. The Morgan fingerprint density at radius 2 is 1.35 bits per heavy atom. The zero-order valence-corrected chi connectivity index (χ0v) is 16.5. The number of aliphatic hydroxyl groups is 2. The molecular weight excluding hydrogens is 424 g/mol. The van der Waals surface area contributed by atoms with Crippen molar-refractivity contribution in [2.75, 3.05) is 6.61 Å². The monoisotopic (exact) mass is 450 g/mol. The zero-order valence-electron chi connectivity index (χ0n) is 16.5. The van der Waals surface area contributed by atoms with E-state index in [-0.39, 0.29) is 0 Å². The molecule has 0 heterocycles. The molecule has 176 valence electrons. The molecule has 15 nitrogen and oxygen atoms in total. The van der Waals surface area contributed by atoms with Gasteiger partial charge >= 0.3 is 17.9 Å². The fourth-order valence-electron chi connectivity index (χ4n) is 2.21. The summed E-state index contributed by atoms with van der Waals surface area (Å²) in [4.78, 5) is 69.0. The number of carboxylic acids is 3. The molecule has 0 aliphatic rings. The highest BCUT2D eigenvalue weighted by molar-refractivity contribution is 5.95. The molecule has 31 heavy (non-hydrogen) atoms. The molecule has 3 amide bonds. The largest absolute Gasteiger partial charge is 0.481 e. The molecule has 0 spiro atoms. The van der Waals surface area contributed by atoms with Crippen LogP contribution in [0.3, 0.4) is 0 Å².